The molecule has 100 valence electrons. The average Bonchev–Trinajstić information content (AvgIpc) is 2.81. The van der Waals surface area contributed by atoms with Gasteiger partial charge in [-0.1, -0.05) is 0 Å². The third-order valence-electron chi connectivity index (χ3n) is 3.22. The highest BCUT2D eigenvalue weighted by Crippen LogP contribution is 2.33. The predicted octanol–water partition coefficient (Wildman–Crippen LogP) is 2.03. The van der Waals surface area contributed by atoms with Crippen LogP contribution in [-0.4, -0.2) is 30.2 Å². The molecule has 0 saturated heterocycles. The van der Waals surface area contributed by atoms with Crippen LogP contribution in [0.25, 0.3) is 10.2 Å². The Labute approximate surface area is 115 Å². The topological polar surface area (TPSA) is 72.0 Å². The van der Waals surface area contributed by atoms with E-state index in [9.17, 15) is 8.42 Å². The number of aryl methyl sites for hydroxylation is 2. The summed E-state index contributed by atoms with van der Waals surface area (Å²) in [5, 5.41) is 5.43. The molecule has 19 heavy (non-hydrogen) atoms. The molecule has 2 aromatic rings. The maximum Gasteiger partial charge on any atom is 0.173 e. The van der Waals surface area contributed by atoms with Gasteiger partial charge in [-0.3, -0.25) is 0 Å². The van der Waals surface area contributed by atoms with Crippen molar-refractivity contribution in [3.8, 4) is 0 Å². The van der Waals surface area contributed by atoms with Crippen LogP contribution in [0.15, 0.2) is 17.8 Å². The summed E-state index contributed by atoms with van der Waals surface area (Å²) in [7, 11) is -3.06. The number of aromatic nitrogens is 2. The maximum atomic E-state index is 11.4. The first-order valence-electron chi connectivity index (χ1n) is 5.84. The molecule has 7 heteroatoms. The zero-order valence-corrected chi connectivity index (χ0v) is 12.2. The molecule has 0 aliphatic carbocycles. The number of nitrogens with one attached hydrogen (secondary N) is 1. The van der Waals surface area contributed by atoms with Crippen LogP contribution in [-0.2, 0) is 9.84 Å². The van der Waals surface area contributed by atoms with Crippen molar-refractivity contribution in [1.29, 1.82) is 0 Å². The lowest BCUT2D eigenvalue weighted by atomic mass is 10.2. The van der Waals surface area contributed by atoms with Gasteiger partial charge in [0, 0.05) is 10.3 Å². The van der Waals surface area contributed by atoms with Crippen LogP contribution in [0.4, 0.5) is 5.82 Å². The largest absolute Gasteiger partial charge is 0.362 e. The molecule has 3 rings (SSSR count). The van der Waals surface area contributed by atoms with Crippen molar-refractivity contribution >= 4 is 37.2 Å². The van der Waals surface area contributed by atoms with Gasteiger partial charge < -0.3 is 5.32 Å². The number of hydrogen-bond acceptors (Lipinski definition) is 6. The fourth-order valence-electron chi connectivity index (χ4n) is 2.13. The first-order valence-corrected chi connectivity index (χ1v) is 8.38. The summed E-state index contributed by atoms with van der Waals surface area (Å²) in [5.74, 6) is 0.791. The summed E-state index contributed by atoms with van der Waals surface area (Å²) in [6.45, 7) is 4.08. The van der Waals surface area contributed by atoms with Crippen molar-refractivity contribution in [3.63, 3.8) is 0 Å². The van der Waals surface area contributed by atoms with Crippen molar-refractivity contribution in [1.82, 2.24) is 9.97 Å². The van der Waals surface area contributed by atoms with E-state index in [1.54, 1.807) is 17.4 Å². The lowest BCUT2D eigenvalue weighted by Gasteiger charge is -2.11. The number of sulfone groups is 1. The van der Waals surface area contributed by atoms with Crippen molar-refractivity contribution in [2.45, 2.75) is 19.9 Å². The number of nitrogens with zero attached hydrogens (tertiary/aromatic N) is 2. The van der Waals surface area contributed by atoms with Gasteiger partial charge in [0.15, 0.2) is 9.84 Å². The highest BCUT2D eigenvalue weighted by Gasteiger charge is 2.23. The molecule has 0 aromatic carbocycles. The van der Waals surface area contributed by atoms with Crippen LogP contribution in [0.2, 0.25) is 0 Å². The molecule has 5 nitrogen and oxygen atoms in total. The number of anilines is 1. The van der Waals surface area contributed by atoms with Crippen LogP contribution in [0, 0.1) is 13.8 Å². The Morgan fingerprint density at radius 2 is 2.16 bits per heavy atom. The van der Waals surface area contributed by atoms with Crippen LogP contribution in [0.3, 0.4) is 0 Å². The molecular weight excluding hydrogens is 282 g/mol. The Kier molecular flexibility index (Phi) is 2.83. The first kappa shape index (κ1) is 12.6. The number of hydrogen-bond donors (Lipinski definition) is 1. The van der Waals surface area contributed by atoms with E-state index in [1.165, 1.54) is 16.6 Å². The number of rotatable bonds is 2. The molecule has 0 radical (unpaired) electrons. The van der Waals surface area contributed by atoms with Crippen LogP contribution < -0.4 is 5.32 Å². The predicted molar refractivity (Wildman–Crippen MR) is 77.2 cm³/mol. The van der Waals surface area contributed by atoms with Gasteiger partial charge in [-0.2, -0.15) is 0 Å². The summed E-state index contributed by atoms with van der Waals surface area (Å²) in [6.07, 6.45) is 3.17. The van der Waals surface area contributed by atoms with Gasteiger partial charge >= 0.3 is 0 Å². The molecule has 2 aromatic heterocycles. The molecule has 0 amide bonds. The van der Waals surface area contributed by atoms with Crippen molar-refractivity contribution in [2.24, 2.45) is 0 Å². The van der Waals surface area contributed by atoms with Crippen molar-refractivity contribution < 1.29 is 8.42 Å². The molecule has 1 aliphatic heterocycles. The molecule has 1 N–H and O–H groups in total. The standard InChI is InChI=1S/C12H13N3O2S2/c1-7-8(2)18-12-10(7)11(13-6-14-12)15-9-3-4-19(16,17)5-9/h3-4,6,9H,5H2,1-2H3,(H,13,14,15). The zero-order chi connectivity index (χ0) is 13.6. The van der Waals surface area contributed by atoms with E-state index < -0.39 is 9.84 Å². The Morgan fingerprint density at radius 3 is 2.84 bits per heavy atom. The third-order valence-corrected chi connectivity index (χ3v) is 5.73. The first-order chi connectivity index (χ1) is 8.96. The molecule has 0 saturated carbocycles. The van der Waals surface area contributed by atoms with Crippen LogP contribution >= 0.6 is 11.3 Å². The second-order valence-corrected chi connectivity index (χ2v) is 7.73. The summed E-state index contributed by atoms with van der Waals surface area (Å²) < 4.78 is 22.8. The van der Waals surface area contributed by atoms with E-state index >= 15 is 0 Å². The smallest absolute Gasteiger partial charge is 0.173 e. The molecule has 3 heterocycles. The Morgan fingerprint density at radius 1 is 1.37 bits per heavy atom. The highest BCUT2D eigenvalue weighted by molar-refractivity contribution is 7.94. The van der Waals surface area contributed by atoms with Gasteiger partial charge in [-0.25, -0.2) is 18.4 Å². The molecule has 1 aliphatic rings. The second-order valence-electron chi connectivity index (χ2n) is 4.59. The molecule has 0 spiro atoms. The van der Waals surface area contributed by atoms with Gasteiger partial charge in [-0.05, 0) is 25.5 Å². The van der Waals surface area contributed by atoms with Gasteiger partial charge in [0.2, 0.25) is 0 Å². The van der Waals surface area contributed by atoms with Crippen LogP contribution in [0.1, 0.15) is 10.4 Å². The zero-order valence-electron chi connectivity index (χ0n) is 10.5. The summed E-state index contributed by atoms with van der Waals surface area (Å²) >= 11 is 1.62. The van der Waals surface area contributed by atoms with E-state index in [-0.39, 0.29) is 11.8 Å². The van der Waals surface area contributed by atoms with E-state index in [1.807, 2.05) is 13.8 Å². The van der Waals surface area contributed by atoms with E-state index in [2.05, 4.69) is 15.3 Å². The second kappa shape index (κ2) is 4.28. The molecule has 1 atom stereocenters. The number of fused-ring (bicyclic) bond motifs is 1. The minimum Gasteiger partial charge on any atom is -0.362 e. The molecule has 0 bridgehead atoms. The lowest BCUT2D eigenvalue weighted by Crippen LogP contribution is -2.21. The normalized spacial score (nSPS) is 21.1. The Balaban J connectivity index is 2.00. The monoisotopic (exact) mass is 295 g/mol. The highest BCUT2D eigenvalue weighted by atomic mass is 32.2. The molecular formula is C12H13N3O2S2. The average molecular weight is 295 g/mol. The number of thiophene rings is 1. The van der Waals surface area contributed by atoms with Crippen molar-refractivity contribution in [3.05, 3.63) is 28.3 Å². The third kappa shape index (κ3) is 2.23. The fraction of sp³-hybridized carbons (Fsp3) is 0.333. The molecule has 1 unspecified atom stereocenters. The van der Waals surface area contributed by atoms with E-state index in [0.717, 1.165) is 15.8 Å². The minimum atomic E-state index is -3.06. The van der Waals surface area contributed by atoms with Crippen LogP contribution in [0.5, 0.6) is 0 Å². The minimum absolute atomic E-state index is 0.0840. The van der Waals surface area contributed by atoms with Gasteiger partial charge in [0.05, 0.1) is 17.2 Å². The summed E-state index contributed by atoms with van der Waals surface area (Å²) in [5.41, 5.74) is 1.15. The molecule has 0 fully saturated rings. The van der Waals surface area contributed by atoms with E-state index in [0.29, 0.717) is 5.82 Å². The lowest BCUT2D eigenvalue weighted by molar-refractivity contribution is 0.605. The van der Waals surface area contributed by atoms with Gasteiger partial charge in [-0.15, -0.1) is 11.3 Å². The Hall–Kier alpha value is -1.47. The summed E-state index contributed by atoms with van der Waals surface area (Å²) in [6, 6.07) is -0.220. The van der Waals surface area contributed by atoms with Gasteiger partial charge in [0.25, 0.3) is 0 Å². The fourth-order valence-corrected chi connectivity index (χ4v) is 4.37. The Bertz CT molecular complexity index is 778. The van der Waals surface area contributed by atoms with Crippen molar-refractivity contribution in [2.75, 3.05) is 11.1 Å². The maximum absolute atomic E-state index is 11.4. The summed E-state index contributed by atoms with van der Waals surface area (Å²) in [4.78, 5) is 10.6. The van der Waals surface area contributed by atoms with E-state index in [4.69, 9.17) is 0 Å². The SMILES string of the molecule is Cc1sc2ncnc(NC3C=CS(=O)(=O)C3)c2c1C. The quantitative estimate of drug-likeness (QED) is 0.918. The van der Waals surface area contributed by atoms with Gasteiger partial charge in [0.1, 0.15) is 17.0 Å².